The Balaban J connectivity index is 1.71. The van der Waals surface area contributed by atoms with E-state index in [4.69, 9.17) is 0 Å². The Morgan fingerprint density at radius 2 is 2.39 bits per heavy atom. The van der Waals surface area contributed by atoms with Crippen molar-refractivity contribution < 1.29 is 4.79 Å². The fraction of sp³-hybridized carbons (Fsp3) is 0.471. The molecule has 1 saturated heterocycles. The molecular weight excluding hydrogens is 308 g/mol. The number of anilines is 1. The molecule has 2 aliphatic rings. The van der Waals surface area contributed by atoms with Crippen LogP contribution in [0.3, 0.4) is 0 Å². The van der Waals surface area contributed by atoms with Crippen molar-refractivity contribution in [3.8, 4) is 0 Å². The highest BCUT2D eigenvalue weighted by Crippen LogP contribution is 2.40. The normalized spacial score (nSPS) is 22.7. The van der Waals surface area contributed by atoms with E-state index < -0.39 is 0 Å². The summed E-state index contributed by atoms with van der Waals surface area (Å²) in [6.07, 6.45) is 6.97. The summed E-state index contributed by atoms with van der Waals surface area (Å²) in [7, 11) is 0. The molecule has 2 aromatic heterocycles. The van der Waals surface area contributed by atoms with Gasteiger partial charge < -0.3 is 10.2 Å². The number of aryl methyl sites for hydroxylation is 1. The number of aromatic nitrogens is 2. The average molecular weight is 328 g/mol. The molecule has 0 spiro atoms. The van der Waals surface area contributed by atoms with Crippen LogP contribution in [-0.4, -0.2) is 39.9 Å². The number of thiophene rings is 1. The number of fused-ring (bicyclic) bond motifs is 3. The largest absolute Gasteiger partial charge is 0.366 e. The number of amides is 1. The van der Waals surface area contributed by atoms with Crippen LogP contribution in [0.15, 0.2) is 19.0 Å². The molecule has 0 radical (unpaired) electrons. The van der Waals surface area contributed by atoms with E-state index in [1.54, 1.807) is 12.4 Å². The summed E-state index contributed by atoms with van der Waals surface area (Å²) >= 11 is 1.49. The van der Waals surface area contributed by atoms with Crippen LogP contribution in [0.5, 0.6) is 0 Å². The minimum Gasteiger partial charge on any atom is -0.366 e. The number of rotatable bonds is 4. The summed E-state index contributed by atoms with van der Waals surface area (Å²) in [5, 5.41) is 4.20. The van der Waals surface area contributed by atoms with Gasteiger partial charge in [-0.15, -0.1) is 17.9 Å². The van der Waals surface area contributed by atoms with Gasteiger partial charge in [-0.05, 0) is 37.7 Å². The van der Waals surface area contributed by atoms with E-state index in [1.165, 1.54) is 24.2 Å². The van der Waals surface area contributed by atoms with E-state index >= 15 is 0 Å². The first kappa shape index (κ1) is 14.6. The van der Waals surface area contributed by atoms with Gasteiger partial charge in [0.2, 0.25) is 0 Å². The summed E-state index contributed by atoms with van der Waals surface area (Å²) in [6, 6.07) is 0.446. The number of nitrogens with zero attached hydrogens (tertiary/aromatic N) is 3. The third kappa shape index (κ3) is 2.32. The Labute approximate surface area is 139 Å². The van der Waals surface area contributed by atoms with E-state index in [9.17, 15) is 4.79 Å². The number of hydrogen-bond donors (Lipinski definition) is 1. The van der Waals surface area contributed by atoms with Crippen LogP contribution >= 0.6 is 11.3 Å². The fourth-order valence-electron chi connectivity index (χ4n) is 3.88. The van der Waals surface area contributed by atoms with E-state index in [2.05, 4.69) is 26.8 Å². The second-order valence-electron chi connectivity index (χ2n) is 6.42. The van der Waals surface area contributed by atoms with Crippen molar-refractivity contribution in [2.24, 2.45) is 5.92 Å². The Morgan fingerprint density at radius 1 is 1.52 bits per heavy atom. The highest BCUT2D eigenvalue weighted by molar-refractivity contribution is 7.20. The van der Waals surface area contributed by atoms with Crippen LogP contribution in [0.2, 0.25) is 0 Å². The molecule has 1 amide bonds. The minimum atomic E-state index is 0.173. The van der Waals surface area contributed by atoms with E-state index in [0.717, 1.165) is 39.4 Å². The van der Waals surface area contributed by atoms with Gasteiger partial charge in [-0.3, -0.25) is 4.79 Å². The highest BCUT2D eigenvalue weighted by atomic mass is 32.1. The van der Waals surface area contributed by atoms with Crippen molar-refractivity contribution in [1.29, 1.82) is 0 Å². The molecule has 1 saturated carbocycles. The lowest BCUT2D eigenvalue weighted by Gasteiger charge is -2.26. The second kappa shape index (κ2) is 5.60. The topological polar surface area (TPSA) is 58.1 Å². The number of nitrogens with one attached hydrogen (secondary N) is 1. The van der Waals surface area contributed by atoms with Crippen molar-refractivity contribution in [2.75, 3.05) is 18.4 Å². The molecule has 2 bridgehead atoms. The van der Waals surface area contributed by atoms with Crippen LogP contribution < -0.4 is 5.32 Å². The maximum absolute atomic E-state index is 13.0. The van der Waals surface area contributed by atoms with Gasteiger partial charge in [-0.2, -0.15) is 0 Å². The molecule has 2 fully saturated rings. The monoisotopic (exact) mass is 328 g/mol. The lowest BCUT2D eigenvalue weighted by Crippen LogP contribution is -2.37. The Morgan fingerprint density at radius 3 is 3.09 bits per heavy atom. The van der Waals surface area contributed by atoms with E-state index in [0.29, 0.717) is 18.5 Å². The third-order valence-electron chi connectivity index (χ3n) is 5.00. The quantitative estimate of drug-likeness (QED) is 0.876. The summed E-state index contributed by atoms with van der Waals surface area (Å²) < 4.78 is 0. The lowest BCUT2D eigenvalue weighted by molar-refractivity contribution is 0.0708. The number of carbonyl (C=O) groups is 1. The van der Waals surface area contributed by atoms with Crippen LogP contribution in [0, 0.1) is 12.8 Å². The average Bonchev–Trinajstić information content (AvgIpc) is 3.27. The van der Waals surface area contributed by atoms with E-state index in [-0.39, 0.29) is 5.91 Å². The molecule has 2 atom stereocenters. The SMILES string of the molecule is C=CCNc1ncnc2sc(C(=O)N3C[C@H]4CC[C@H]3C4)c(C)c12. The smallest absolute Gasteiger partial charge is 0.264 e. The molecule has 2 aromatic rings. The summed E-state index contributed by atoms with van der Waals surface area (Å²) in [4.78, 5) is 25.5. The standard InChI is InChI=1S/C17H20N4OS/c1-3-6-18-15-13-10(2)14(23-16(13)20-9-19-15)17(22)21-8-11-4-5-12(21)7-11/h3,9,11-12H,1,4-8H2,2H3,(H,18,19,20)/t11-,12-/m0/s1. The molecule has 1 N–H and O–H groups in total. The van der Waals surface area contributed by atoms with Gasteiger partial charge in [0, 0.05) is 19.1 Å². The number of likely N-dealkylation sites (tertiary alicyclic amines) is 1. The van der Waals surface area contributed by atoms with Crippen LogP contribution in [-0.2, 0) is 0 Å². The summed E-state index contributed by atoms with van der Waals surface area (Å²) in [6.45, 7) is 7.29. The van der Waals surface area contributed by atoms with Gasteiger partial charge >= 0.3 is 0 Å². The number of hydrogen-bond acceptors (Lipinski definition) is 5. The molecule has 6 heteroatoms. The number of carbonyl (C=O) groups excluding carboxylic acids is 1. The molecule has 3 heterocycles. The number of piperidine rings is 1. The Kier molecular flexibility index (Phi) is 3.56. The summed E-state index contributed by atoms with van der Waals surface area (Å²) in [5.41, 5.74) is 0.991. The van der Waals surface area contributed by atoms with Gasteiger partial charge in [0.25, 0.3) is 5.91 Å². The van der Waals surface area contributed by atoms with Crippen molar-refractivity contribution in [3.05, 3.63) is 29.4 Å². The predicted molar refractivity (Wildman–Crippen MR) is 93.0 cm³/mol. The zero-order valence-electron chi connectivity index (χ0n) is 13.2. The van der Waals surface area contributed by atoms with Crippen LogP contribution in [0.4, 0.5) is 5.82 Å². The first-order chi connectivity index (χ1) is 11.2. The molecule has 0 unspecified atom stereocenters. The maximum atomic E-state index is 13.0. The molecule has 4 rings (SSSR count). The van der Waals surface area contributed by atoms with Gasteiger partial charge in [0.1, 0.15) is 17.0 Å². The first-order valence-corrected chi connectivity index (χ1v) is 8.90. The van der Waals surface area contributed by atoms with Crippen molar-refractivity contribution in [2.45, 2.75) is 32.2 Å². The molecule has 0 aromatic carbocycles. The third-order valence-corrected chi connectivity index (χ3v) is 6.19. The fourth-order valence-corrected chi connectivity index (χ4v) is 4.99. The van der Waals surface area contributed by atoms with Gasteiger partial charge in [0.05, 0.1) is 10.3 Å². The molecular formula is C17H20N4OS. The molecule has 1 aliphatic carbocycles. The highest BCUT2D eigenvalue weighted by Gasteiger charge is 2.41. The Hall–Kier alpha value is -1.95. The van der Waals surface area contributed by atoms with Gasteiger partial charge in [-0.1, -0.05) is 6.08 Å². The van der Waals surface area contributed by atoms with Crippen molar-refractivity contribution >= 4 is 33.3 Å². The maximum Gasteiger partial charge on any atom is 0.264 e. The molecule has 23 heavy (non-hydrogen) atoms. The van der Waals surface area contributed by atoms with Gasteiger partial charge in [0.15, 0.2) is 0 Å². The summed E-state index contributed by atoms with van der Waals surface area (Å²) in [5.74, 6) is 1.67. The first-order valence-electron chi connectivity index (χ1n) is 8.09. The van der Waals surface area contributed by atoms with Crippen LogP contribution in [0.25, 0.3) is 10.2 Å². The lowest BCUT2D eigenvalue weighted by atomic mass is 10.1. The Bertz CT molecular complexity index is 784. The zero-order valence-corrected chi connectivity index (χ0v) is 14.0. The molecule has 120 valence electrons. The predicted octanol–water partition coefficient (Wildman–Crippen LogP) is 3.22. The second-order valence-corrected chi connectivity index (χ2v) is 7.42. The molecule has 1 aliphatic heterocycles. The van der Waals surface area contributed by atoms with Gasteiger partial charge in [-0.25, -0.2) is 9.97 Å². The molecule has 5 nitrogen and oxygen atoms in total. The zero-order chi connectivity index (χ0) is 16.0. The minimum absolute atomic E-state index is 0.173. The van der Waals surface area contributed by atoms with Crippen molar-refractivity contribution in [1.82, 2.24) is 14.9 Å². The van der Waals surface area contributed by atoms with E-state index in [1.807, 2.05) is 6.92 Å². The van der Waals surface area contributed by atoms with Crippen LogP contribution in [0.1, 0.15) is 34.5 Å². The van der Waals surface area contributed by atoms with Crippen molar-refractivity contribution in [3.63, 3.8) is 0 Å².